The third-order valence-electron chi connectivity index (χ3n) is 3.23. The molecule has 1 aromatic carbocycles. The van der Waals surface area contributed by atoms with Crippen LogP contribution in [0.3, 0.4) is 0 Å². The van der Waals surface area contributed by atoms with Crippen LogP contribution in [0, 0.1) is 0 Å². The van der Waals surface area contributed by atoms with E-state index in [-0.39, 0.29) is 18.7 Å². The van der Waals surface area contributed by atoms with E-state index >= 15 is 0 Å². The van der Waals surface area contributed by atoms with Crippen LogP contribution in [0.5, 0.6) is 5.75 Å². The smallest absolute Gasteiger partial charge is 0.218 e. The fourth-order valence-electron chi connectivity index (χ4n) is 2.16. The number of benzene rings is 1. The predicted octanol–water partition coefficient (Wildman–Crippen LogP) is 1.76. The van der Waals surface area contributed by atoms with Gasteiger partial charge in [-0.2, -0.15) is 0 Å². The molecular formula is C17H22N2O4. The molecule has 124 valence electrons. The van der Waals surface area contributed by atoms with Crippen LogP contribution in [0.1, 0.15) is 13.8 Å². The average Bonchev–Trinajstić information content (AvgIpc) is 3.05. The Kier molecular flexibility index (Phi) is 6.19. The molecule has 2 aromatic rings. The number of nitrogens with one attached hydrogen (secondary N) is 2. The maximum absolute atomic E-state index is 10.9. The number of para-hydroxylation sites is 1. The van der Waals surface area contributed by atoms with Crippen molar-refractivity contribution in [2.24, 2.45) is 0 Å². The van der Waals surface area contributed by atoms with Gasteiger partial charge in [0.15, 0.2) is 0 Å². The number of amides is 1. The summed E-state index contributed by atoms with van der Waals surface area (Å²) >= 11 is 0. The first kappa shape index (κ1) is 17.1. The Hall–Kier alpha value is -2.31. The summed E-state index contributed by atoms with van der Waals surface area (Å²) < 4.78 is 10.8. The second kappa shape index (κ2) is 8.36. The zero-order valence-corrected chi connectivity index (χ0v) is 13.3. The summed E-state index contributed by atoms with van der Waals surface area (Å²) in [4.78, 5) is 10.9. The molecule has 1 amide bonds. The minimum absolute atomic E-state index is 0.121. The molecule has 0 aliphatic carbocycles. The first-order chi connectivity index (χ1) is 11.1. The van der Waals surface area contributed by atoms with Crippen molar-refractivity contribution < 1.29 is 19.1 Å². The zero-order valence-electron chi connectivity index (χ0n) is 13.3. The van der Waals surface area contributed by atoms with Crippen LogP contribution in [0.25, 0.3) is 11.1 Å². The normalized spacial score (nSPS) is 13.3. The highest BCUT2D eigenvalue weighted by Gasteiger charge is 2.11. The fourth-order valence-corrected chi connectivity index (χ4v) is 2.16. The number of ether oxygens (including phenoxy) is 1. The van der Waals surface area contributed by atoms with E-state index < -0.39 is 6.10 Å². The molecule has 2 unspecified atom stereocenters. The van der Waals surface area contributed by atoms with E-state index in [0.717, 1.165) is 11.1 Å². The SMILES string of the molecule is CC(=O)NC(C)NCC(O)COc1ccccc1-c1ccoc1. The lowest BCUT2D eigenvalue weighted by molar-refractivity contribution is -0.119. The molecule has 6 nitrogen and oxygen atoms in total. The third kappa shape index (κ3) is 5.43. The van der Waals surface area contributed by atoms with Crippen molar-refractivity contribution in [1.82, 2.24) is 10.6 Å². The lowest BCUT2D eigenvalue weighted by atomic mass is 10.1. The van der Waals surface area contributed by atoms with Gasteiger partial charge in [-0.1, -0.05) is 18.2 Å². The van der Waals surface area contributed by atoms with E-state index in [1.165, 1.54) is 6.92 Å². The highest BCUT2D eigenvalue weighted by molar-refractivity contribution is 5.73. The number of hydrogen-bond donors (Lipinski definition) is 3. The minimum atomic E-state index is -0.691. The highest BCUT2D eigenvalue weighted by Crippen LogP contribution is 2.29. The lowest BCUT2D eigenvalue weighted by Gasteiger charge is -2.18. The van der Waals surface area contributed by atoms with Gasteiger partial charge in [0.25, 0.3) is 0 Å². The fraction of sp³-hybridized carbons (Fsp3) is 0.353. The lowest BCUT2D eigenvalue weighted by Crippen LogP contribution is -2.45. The van der Waals surface area contributed by atoms with Gasteiger partial charge in [-0.25, -0.2) is 0 Å². The van der Waals surface area contributed by atoms with Gasteiger partial charge in [0.2, 0.25) is 5.91 Å². The Bertz CT molecular complexity index is 613. The first-order valence-electron chi connectivity index (χ1n) is 7.49. The van der Waals surface area contributed by atoms with Crippen molar-refractivity contribution >= 4 is 5.91 Å². The van der Waals surface area contributed by atoms with Gasteiger partial charge < -0.3 is 19.6 Å². The molecule has 23 heavy (non-hydrogen) atoms. The van der Waals surface area contributed by atoms with Crippen molar-refractivity contribution in [2.45, 2.75) is 26.1 Å². The summed E-state index contributed by atoms with van der Waals surface area (Å²) in [5.41, 5.74) is 1.83. The quantitative estimate of drug-likeness (QED) is 0.646. The van der Waals surface area contributed by atoms with E-state index in [9.17, 15) is 9.90 Å². The number of carbonyl (C=O) groups is 1. The molecule has 3 N–H and O–H groups in total. The van der Waals surface area contributed by atoms with Crippen LogP contribution >= 0.6 is 0 Å². The van der Waals surface area contributed by atoms with E-state index in [1.807, 2.05) is 37.3 Å². The Morgan fingerprint density at radius 3 is 2.83 bits per heavy atom. The standard InChI is InChI=1S/C17H22N2O4/c1-12(19-13(2)20)18-9-15(21)11-23-17-6-4-3-5-16(17)14-7-8-22-10-14/h3-8,10,12,15,18,21H,9,11H2,1-2H3,(H,19,20). The van der Waals surface area contributed by atoms with Gasteiger partial charge >= 0.3 is 0 Å². The molecule has 6 heteroatoms. The van der Waals surface area contributed by atoms with Crippen LogP contribution in [-0.4, -0.2) is 36.4 Å². The van der Waals surface area contributed by atoms with Gasteiger partial charge in [-0.05, 0) is 19.1 Å². The molecular weight excluding hydrogens is 296 g/mol. The molecule has 0 saturated carbocycles. The van der Waals surface area contributed by atoms with E-state index in [1.54, 1.807) is 12.5 Å². The Morgan fingerprint density at radius 1 is 1.35 bits per heavy atom. The van der Waals surface area contributed by atoms with Gasteiger partial charge in [-0.15, -0.1) is 0 Å². The van der Waals surface area contributed by atoms with Crippen LogP contribution in [-0.2, 0) is 4.79 Å². The topological polar surface area (TPSA) is 83.7 Å². The van der Waals surface area contributed by atoms with Crippen LogP contribution in [0.2, 0.25) is 0 Å². The number of rotatable bonds is 8. The second-order valence-corrected chi connectivity index (χ2v) is 5.30. The maximum atomic E-state index is 10.9. The molecule has 2 rings (SSSR count). The van der Waals surface area contributed by atoms with Crippen LogP contribution in [0.4, 0.5) is 0 Å². The van der Waals surface area contributed by atoms with E-state index in [2.05, 4.69) is 10.6 Å². The molecule has 0 radical (unpaired) electrons. The average molecular weight is 318 g/mol. The molecule has 0 bridgehead atoms. The largest absolute Gasteiger partial charge is 0.490 e. The molecule has 0 aliphatic heterocycles. The van der Waals surface area contributed by atoms with Gasteiger partial charge in [0.05, 0.1) is 18.7 Å². The van der Waals surface area contributed by atoms with Gasteiger partial charge in [0, 0.05) is 24.6 Å². The number of furan rings is 1. The summed E-state index contributed by atoms with van der Waals surface area (Å²) in [6, 6.07) is 9.44. The monoisotopic (exact) mass is 318 g/mol. The van der Waals surface area contributed by atoms with Crippen molar-refractivity contribution in [3.8, 4) is 16.9 Å². The summed E-state index contributed by atoms with van der Waals surface area (Å²) in [5, 5.41) is 15.7. The Balaban J connectivity index is 1.85. The number of hydrogen-bond acceptors (Lipinski definition) is 5. The van der Waals surface area contributed by atoms with Gasteiger partial charge in [0.1, 0.15) is 18.5 Å². The third-order valence-corrected chi connectivity index (χ3v) is 3.23. The second-order valence-electron chi connectivity index (χ2n) is 5.30. The molecule has 2 atom stereocenters. The van der Waals surface area contributed by atoms with Crippen LogP contribution < -0.4 is 15.4 Å². The summed E-state index contributed by atoms with van der Waals surface area (Å²) in [7, 11) is 0. The highest BCUT2D eigenvalue weighted by atomic mass is 16.5. The van der Waals surface area contributed by atoms with Crippen molar-refractivity contribution in [3.63, 3.8) is 0 Å². The van der Waals surface area contributed by atoms with E-state index in [0.29, 0.717) is 12.3 Å². The summed E-state index contributed by atoms with van der Waals surface area (Å²) in [6.45, 7) is 3.72. The molecule has 1 aromatic heterocycles. The predicted molar refractivity (Wildman–Crippen MR) is 86.9 cm³/mol. The summed E-state index contributed by atoms with van der Waals surface area (Å²) in [6.07, 6.45) is 2.35. The molecule has 0 spiro atoms. The zero-order chi connectivity index (χ0) is 16.7. The molecule has 0 saturated heterocycles. The Morgan fingerprint density at radius 2 is 2.13 bits per heavy atom. The summed E-state index contributed by atoms with van der Waals surface area (Å²) in [5.74, 6) is 0.563. The number of carbonyl (C=O) groups excluding carboxylic acids is 1. The van der Waals surface area contributed by atoms with Crippen LogP contribution in [0.15, 0.2) is 47.3 Å². The number of aliphatic hydroxyl groups excluding tert-OH is 1. The van der Waals surface area contributed by atoms with Crippen molar-refractivity contribution in [1.29, 1.82) is 0 Å². The van der Waals surface area contributed by atoms with Crippen molar-refractivity contribution in [2.75, 3.05) is 13.2 Å². The molecule has 0 fully saturated rings. The first-order valence-corrected chi connectivity index (χ1v) is 7.49. The maximum Gasteiger partial charge on any atom is 0.218 e. The van der Waals surface area contributed by atoms with E-state index in [4.69, 9.17) is 9.15 Å². The minimum Gasteiger partial charge on any atom is -0.490 e. The molecule has 1 heterocycles. The Labute approximate surface area is 135 Å². The number of aliphatic hydroxyl groups is 1. The van der Waals surface area contributed by atoms with Crippen molar-refractivity contribution in [3.05, 3.63) is 42.9 Å². The van der Waals surface area contributed by atoms with Gasteiger partial charge in [-0.3, -0.25) is 10.1 Å². The molecule has 0 aliphatic rings.